The Morgan fingerprint density at radius 2 is 0.523 bits per heavy atom. The Morgan fingerprint density at radius 3 is 0.773 bits per heavy atom. The predicted octanol–water partition coefficient (Wildman–Crippen LogP) is 19.6. The lowest BCUT2D eigenvalue weighted by Gasteiger charge is -2.21. The van der Waals surface area contributed by atoms with Gasteiger partial charge in [0, 0.05) is 25.7 Å². The van der Waals surface area contributed by atoms with E-state index in [-0.39, 0.29) is 25.7 Å². The first-order chi connectivity index (χ1) is 42.4. The average molecular weight is 1300 g/mol. The van der Waals surface area contributed by atoms with E-state index in [0.29, 0.717) is 25.7 Å². The molecule has 0 saturated carbocycles. The highest BCUT2D eigenvalue weighted by Crippen LogP contribution is 2.45. The summed E-state index contributed by atoms with van der Waals surface area (Å²) in [5.74, 6) is -0.570. The van der Waals surface area contributed by atoms with Gasteiger partial charge in [0.25, 0.3) is 0 Å². The molecule has 3 N–H and O–H groups in total. The monoisotopic (exact) mass is 1300 g/mol. The molecule has 0 rings (SSSR count). The summed E-state index contributed by atoms with van der Waals surface area (Å²) in [5.41, 5.74) is 0. The molecule has 0 aliphatic heterocycles. The highest BCUT2D eigenvalue weighted by atomic mass is 31.2. The van der Waals surface area contributed by atoms with E-state index in [1.165, 1.54) is 148 Å². The predicted molar refractivity (Wildman–Crippen MR) is 354 cm³/mol. The first kappa shape index (κ1) is 86.1. The van der Waals surface area contributed by atoms with Crippen molar-refractivity contribution >= 4 is 39.5 Å². The van der Waals surface area contributed by atoms with E-state index in [2.05, 4.69) is 41.5 Å². The molecule has 88 heavy (non-hydrogen) atoms. The van der Waals surface area contributed by atoms with Crippen LogP contribution in [0.25, 0.3) is 0 Å². The van der Waals surface area contributed by atoms with Crippen molar-refractivity contribution in [3.8, 4) is 0 Å². The lowest BCUT2D eigenvalue weighted by Crippen LogP contribution is -2.30. The van der Waals surface area contributed by atoms with Crippen LogP contribution in [0.5, 0.6) is 0 Å². The number of aliphatic hydroxyl groups is 1. The molecule has 0 spiro atoms. The Hall–Kier alpha value is -1.94. The maximum Gasteiger partial charge on any atom is 0.472 e. The minimum Gasteiger partial charge on any atom is -0.462 e. The van der Waals surface area contributed by atoms with Crippen LogP contribution >= 0.6 is 15.6 Å². The number of unbranched alkanes of at least 4 members (excludes halogenated alkanes) is 38. The number of esters is 4. The van der Waals surface area contributed by atoms with Gasteiger partial charge >= 0.3 is 39.5 Å². The average Bonchev–Trinajstić information content (AvgIpc) is 3.70. The molecule has 522 valence electrons. The molecule has 5 atom stereocenters. The van der Waals surface area contributed by atoms with Gasteiger partial charge in [-0.05, 0) is 37.5 Å². The summed E-state index contributed by atoms with van der Waals surface area (Å²) >= 11 is 0. The van der Waals surface area contributed by atoms with Gasteiger partial charge in [-0.3, -0.25) is 37.3 Å². The number of carbonyl (C=O) groups excluding carboxylic acids is 4. The van der Waals surface area contributed by atoms with Gasteiger partial charge in [0.15, 0.2) is 12.2 Å². The molecular formula is C69H134O17P2. The Morgan fingerprint density at radius 1 is 0.307 bits per heavy atom. The normalized spacial score (nSPS) is 14.2. The van der Waals surface area contributed by atoms with Gasteiger partial charge in [0.2, 0.25) is 0 Å². The number of phosphoric acid groups is 2. The van der Waals surface area contributed by atoms with Crippen LogP contribution in [0.15, 0.2) is 0 Å². The molecule has 0 aliphatic rings. The molecule has 0 aliphatic carbocycles. The summed E-state index contributed by atoms with van der Waals surface area (Å²) in [6.07, 6.45) is 46.2. The lowest BCUT2D eigenvalue weighted by molar-refractivity contribution is -0.161. The Labute approximate surface area is 537 Å². The van der Waals surface area contributed by atoms with Gasteiger partial charge < -0.3 is 33.8 Å². The van der Waals surface area contributed by atoms with Crippen LogP contribution in [0.1, 0.15) is 350 Å². The van der Waals surface area contributed by atoms with E-state index in [4.69, 9.17) is 37.0 Å². The van der Waals surface area contributed by atoms with Gasteiger partial charge in [-0.25, -0.2) is 9.13 Å². The summed E-state index contributed by atoms with van der Waals surface area (Å²) in [5, 5.41) is 10.5. The molecule has 17 nitrogen and oxygen atoms in total. The number of hydrogen-bond donors (Lipinski definition) is 3. The van der Waals surface area contributed by atoms with Gasteiger partial charge in [-0.1, -0.05) is 298 Å². The fraction of sp³-hybridized carbons (Fsp3) is 0.942. The third kappa shape index (κ3) is 62.8. The van der Waals surface area contributed by atoms with Gasteiger partial charge in [-0.2, -0.15) is 0 Å². The Balaban J connectivity index is 5.12. The van der Waals surface area contributed by atoms with Crippen LogP contribution in [0.4, 0.5) is 0 Å². The van der Waals surface area contributed by atoms with Crippen LogP contribution < -0.4 is 0 Å². The molecule has 19 heteroatoms. The van der Waals surface area contributed by atoms with Crippen molar-refractivity contribution in [2.75, 3.05) is 39.6 Å². The molecule has 0 amide bonds. The quantitative estimate of drug-likeness (QED) is 0.0222. The van der Waals surface area contributed by atoms with Crippen LogP contribution in [0, 0.1) is 11.8 Å². The number of hydrogen-bond acceptors (Lipinski definition) is 15. The number of rotatable bonds is 68. The first-order valence-electron chi connectivity index (χ1n) is 36.0. The molecule has 0 aromatic rings. The second kappa shape index (κ2) is 61.3. The second-order valence-electron chi connectivity index (χ2n) is 25.9. The zero-order chi connectivity index (χ0) is 65.0. The number of carbonyl (C=O) groups is 4. The van der Waals surface area contributed by atoms with E-state index >= 15 is 0 Å². The van der Waals surface area contributed by atoms with E-state index in [1.54, 1.807) is 0 Å². The fourth-order valence-electron chi connectivity index (χ4n) is 10.4. The third-order valence-electron chi connectivity index (χ3n) is 16.0. The van der Waals surface area contributed by atoms with Crippen molar-refractivity contribution in [2.24, 2.45) is 11.8 Å². The van der Waals surface area contributed by atoms with Crippen molar-refractivity contribution in [3.05, 3.63) is 0 Å². The summed E-state index contributed by atoms with van der Waals surface area (Å²) in [4.78, 5) is 72.2. The summed E-state index contributed by atoms with van der Waals surface area (Å²) in [6, 6.07) is 0. The smallest absolute Gasteiger partial charge is 0.462 e. The third-order valence-corrected chi connectivity index (χ3v) is 17.9. The SMILES string of the molecule is CCCCCCCCCCC(=O)O[C@H](COC(=O)CCCCCCCCC)COP(=O)(O)OC[C@H](O)COP(=O)(O)OC[C@@H](COC(=O)CCCCCCCCCCCC(C)C)OC(=O)CCCCCCCCCCCCCCCCCCCCC(C)C. The van der Waals surface area contributed by atoms with Crippen LogP contribution in [-0.2, 0) is 65.4 Å². The van der Waals surface area contributed by atoms with Crippen LogP contribution in [0.2, 0.25) is 0 Å². The Bertz CT molecular complexity index is 1720. The lowest BCUT2D eigenvalue weighted by atomic mass is 10.0. The number of ether oxygens (including phenoxy) is 4. The Kier molecular flexibility index (Phi) is 59.9. The fourth-order valence-corrected chi connectivity index (χ4v) is 12.0. The molecule has 0 fully saturated rings. The maximum atomic E-state index is 13.0. The second-order valence-corrected chi connectivity index (χ2v) is 28.8. The molecule has 0 heterocycles. The van der Waals surface area contributed by atoms with E-state index < -0.39 is 97.5 Å². The minimum atomic E-state index is -4.95. The van der Waals surface area contributed by atoms with E-state index in [9.17, 15) is 43.2 Å². The maximum absolute atomic E-state index is 13.0. The summed E-state index contributed by atoms with van der Waals surface area (Å²) in [7, 11) is -9.89. The zero-order valence-corrected chi connectivity index (χ0v) is 58.8. The molecule has 2 unspecified atom stereocenters. The molecule has 0 radical (unpaired) electrons. The molecule has 0 bridgehead atoms. The van der Waals surface area contributed by atoms with Crippen molar-refractivity contribution in [1.29, 1.82) is 0 Å². The topological polar surface area (TPSA) is 237 Å². The highest BCUT2D eigenvalue weighted by molar-refractivity contribution is 7.47. The number of aliphatic hydroxyl groups excluding tert-OH is 1. The summed E-state index contributed by atoms with van der Waals surface area (Å²) < 4.78 is 68.0. The van der Waals surface area contributed by atoms with Crippen molar-refractivity contribution in [3.63, 3.8) is 0 Å². The van der Waals surface area contributed by atoms with Crippen molar-refractivity contribution < 1.29 is 80.2 Å². The van der Waals surface area contributed by atoms with Gasteiger partial charge in [0.05, 0.1) is 26.4 Å². The highest BCUT2D eigenvalue weighted by Gasteiger charge is 2.30. The van der Waals surface area contributed by atoms with Gasteiger partial charge in [-0.15, -0.1) is 0 Å². The van der Waals surface area contributed by atoms with Crippen molar-refractivity contribution in [2.45, 2.75) is 368 Å². The van der Waals surface area contributed by atoms with Gasteiger partial charge in [0.1, 0.15) is 19.3 Å². The van der Waals surface area contributed by atoms with Crippen molar-refractivity contribution in [1.82, 2.24) is 0 Å². The molecular weight excluding hydrogens is 1160 g/mol. The number of phosphoric ester groups is 2. The summed E-state index contributed by atoms with van der Waals surface area (Å²) in [6.45, 7) is 9.48. The first-order valence-corrected chi connectivity index (χ1v) is 39.0. The largest absolute Gasteiger partial charge is 0.472 e. The molecule has 0 saturated heterocycles. The van der Waals surface area contributed by atoms with Crippen LogP contribution in [0.3, 0.4) is 0 Å². The van der Waals surface area contributed by atoms with E-state index in [0.717, 1.165) is 121 Å². The minimum absolute atomic E-state index is 0.104. The van der Waals surface area contributed by atoms with Crippen LogP contribution in [-0.4, -0.2) is 96.7 Å². The standard InChI is InChI=1S/C69H134O17P2/c1-7-9-11-13-15-34-41-47-53-68(73)85-64(57-79-66(71)51-45-39-31-14-12-10-8-2)59-83-87(75,76)81-55-63(70)56-82-88(77,78)84-60-65(58-80-67(72)52-46-40-35-30-26-28-33-38-44-50-62(5)6)86-69(74)54-48-42-36-29-25-23-21-19-17-16-18-20-22-24-27-32-37-43-49-61(3)4/h61-65,70H,7-60H2,1-6H3,(H,75,76)(H,77,78)/t63-,64+,65+/m0/s1. The zero-order valence-electron chi connectivity index (χ0n) is 57.0. The molecule has 0 aromatic carbocycles. The molecule has 0 aromatic heterocycles. The van der Waals surface area contributed by atoms with E-state index in [1.807, 2.05) is 0 Å².